The van der Waals surface area contributed by atoms with Gasteiger partial charge in [-0.25, -0.2) is 17.6 Å². The lowest BCUT2D eigenvalue weighted by Crippen LogP contribution is -2.46. The van der Waals surface area contributed by atoms with Crippen molar-refractivity contribution in [3.05, 3.63) is 0 Å². The molecule has 128 valence electrons. The topological polar surface area (TPSA) is 30.5 Å². The fourth-order valence-electron chi connectivity index (χ4n) is 1.16. The monoisotopic (exact) mass is 317 g/mol. The quantitative estimate of drug-likeness (QED) is 0.695. The third-order valence-electron chi connectivity index (χ3n) is 2.22. The standard InChI is InChI=1S/C14H27F4NO2/c1-11(2,3)19-7-13(15,16)8-20-9-14(17,18)10-21-12(4,5)6/h19H,7-10H2,1-6H3. The van der Waals surface area contributed by atoms with Crippen molar-refractivity contribution < 1.29 is 27.0 Å². The van der Waals surface area contributed by atoms with Crippen LogP contribution in [0.5, 0.6) is 0 Å². The van der Waals surface area contributed by atoms with Gasteiger partial charge in [0.1, 0.15) is 19.8 Å². The molecule has 0 atom stereocenters. The first-order valence-corrected chi connectivity index (χ1v) is 6.84. The summed E-state index contributed by atoms with van der Waals surface area (Å²) in [5, 5.41) is 2.61. The molecule has 0 unspecified atom stereocenters. The Balaban J connectivity index is 4.10. The predicted octanol–water partition coefficient (Wildman–Crippen LogP) is 3.48. The van der Waals surface area contributed by atoms with E-state index in [-0.39, 0.29) is 0 Å². The second kappa shape index (κ2) is 7.24. The van der Waals surface area contributed by atoms with Crippen molar-refractivity contribution in [2.24, 2.45) is 0 Å². The fraction of sp³-hybridized carbons (Fsp3) is 1.00. The first kappa shape index (κ1) is 20.6. The molecular formula is C14H27F4NO2. The third kappa shape index (κ3) is 13.0. The highest BCUT2D eigenvalue weighted by Crippen LogP contribution is 2.20. The Labute approximate surface area is 124 Å². The number of ether oxygens (including phenoxy) is 2. The summed E-state index contributed by atoms with van der Waals surface area (Å²) in [5.74, 6) is -6.49. The minimum atomic E-state index is -3.29. The Morgan fingerprint density at radius 3 is 1.67 bits per heavy atom. The average Bonchev–Trinajstić information content (AvgIpc) is 2.22. The van der Waals surface area contributed by atoms with E-state index in [0.717, 1.165) is 0 Å². The SMILES string of the molecule is CC(C)(C)NCC(F)(F)COCC(F)(F)COC(C)(C)C. The maximum atomic E-state index is 13.4. The van der Waals surface area contributed by atoms with E-state index in [4.69, 9.17) is 4.74 Å². The van der Waals surface area contributed by atoms with Gasteiger partial charge >= 0.3 is 0 Å². The summed E-state index contributed by atoms with van der Waals surface area (Å²) in [6.07, 6.45) is 0. The molecule has 7 heteroatoms. The van der Waals surface area contributed by atoms with E-state index >= 15 is 0 Å². The molecule has 0 aromatic carbocycles. The van der Waals surface area contributed by atoms with Crippen LogP contribution in [-0.4, -0.2) is 49.4 Å². The summed E-state index contributed by atoms with van der Waals surface area (Å²) >= 11 is 0. The van der Waals surface area contributed by atoms with Crippen molar-refractivity contribution in [2.45, 2.75) is 64.5 Å². The highest BCUT2D eigenvalue weighted by atomic mass is 19.3. The number of halogens is 4. The molecule has 0 saturated heterocycles. The molecule has 0 radical (unpaired) electrons. The zero-order valence-corrected chi connectivity index (χ0v) is 13.7. The zero-order chi connectivity index (χ0) is 16.9. The van der Waals surface area contributed by atoms with Crippen molar-refractivity contribution in [1.82, 2.24) is 5.32 Å². The van der Waals surface area contributed by atoms with Gasteiger partial charge in [-0.2, -0.15) is 0 Å². The van der Waals surface area contributed by atoms with Gasteiger partial charge in [0.15, 0.2) is 0 Å². The van der Waals surface area contributed by atoms with Crippen LogP contribution in [-0.2, 0) is 9.47 Å². The van der Waals surface area contributed by atoms with Gasteiger partial charge in [-0.1, -0.05) is 0 Å². The molecule has 0 saturated carbocycles. The van der Waals surface area contributed by atoms with Gasteiger partial charge in [-0.3, -0.25) is 0 Å². The summed E-state index contributed by atoms with van der Waals surface area (Å²) in [7, 11) is 0. The van der Waals surface area contributed by atoms with E-state index in [0.29, 0.717) is 0 Å². The van der Waals surface area contributed by atoms with Crippen LogP contribution in [0.2, 0.25) is 0 Å². The van der Waals surface area contributed by atoms with E-state index < -0.39 is 49.4 Å². The smallest absolute Gasteiger partial charge is 0.293 e. The molecular weight excluding hydrogens is 290 g/mol. The van der Waals surface area contributed by atoms with E-state index in [1.807, 2.05) is 0 Å². The minimum Gasteiger partial charge on any atom is -0.370 e. The van der Waals surface area contributed by atoms with Gasteiger partial charge < -0.3 is 14.8 Å². The van der Waals surface area contributed by atoms with Crippen molar-refractivity contribution in [1.29, 1.82) is 0 Å². The molecule has 1 N–H and O–H groups in total. The number of nitrogens with one attached hydrogen (secondary N) is 1. The lowest BCUT2D eigenvalue weighted by atomic mass is 10.1. The molecule has 0 spiro atoms. The number of alkyl halides is 4. The first-order chi connectivity index (χ1) is 9.12. The molecule has 0 fully saturated rings. The molecule has 3 nitrogen and oxygen atoms in total. The molecule has 0 aromatic rings. The van der Waals surface area contributed by atoms with Crippen LogP contribution >= 0.6 is 0 Å². The lowest BCUT2D eigenvalue weighted by molar-refractivity contribution is -0.169. The molecule has 0 aliphatic rings. The van der Waals surface area contributed by atoms with E-state index in [9.17, 15) is 17.6 Å². The summed E-state index contributed by atoms with van der Waals surface area (Å²) in [6, 6.07) is 0. The number of rotatable bonds is 8. The van der Waals surface area contributed by atoms with E-state index in [1.165, 1.54) is 0 Å². The van der Waals surface area contributed by atoms with Gasteiger partial charge in [0.05, 0.1) is 12.1 Å². The zero-order valence-electron chi connectivity index (χ0n) is 13.7. The number of hydrogen-bond donors (Lipinski definition) is 1. The lowest BCUT2D eigenvalue weighted by Gasteiger charge is -2.26. The molecule has 0 bridgehead atoms. The van der Waals surface area contributed by atoms with Gasteiger partial charge in [0.2, 0.25) is 0 Å². The third-order valence-corrected chi connectivity index (χ3v) is 2.22. The second-order valence-corrected chi connectivity index (χ2v) is 7.21. The Morgan fingerprint density at radius 1 is 0.762 bits per heavy atom. The van der Waals surface area contributed by atoms with Gasteiger partial charge in [0, 0.05) is 5.54 Å². The van der Waals surface area contributed by atoms with Crippen LogP contribution in [0.25, 0.3) is 0 Å². The number of hydrogen-bond acceptors (Lipinski definition) is 3. The van der Waals surface area contributed by atoms with Crippen LogP contribution < -0.4 is 5.32 Å². The maximum Gasteiger partial charge on any atom is 0.293 e. The normalized spacial score (nSPS) is 14.6. The fourth-order valence-corrected chi connectivity index (χ4v) is 1.16. The highest BCUT2D eigenvalue weighted by Gasteiger charge is 2.35. The molecule has 0 aromatic heterocycles. The summed E-state index contributed by atoms with van der Waals surface area (Å²) in [6.45, 7) is 6.49. The molecule has 0 amide bonds. The maximum absolute atomic E-state index is 13.4. The summed E-state index contributed by atoms with van der Waals surface area (Å²) in [4.78, 5) is 0. The van der Waals surface area contributed by atoms with Crippen LogP contribution in [0.1, 0.15) is 41.5 Å². The Hall–Kier alpha value is -0.400. The van der Waals surface area contributed by atoms with Crippen LogP contribution in [0.15, 0.2) is 0 Å². The Bertz CT molecular complexity index is 279. The van der Waals surface area contributed by atoms with Crippen LogP contribution in [0, 0.1) is 0 Å². The minimum absolute atomic E-state index is 0.478. The molecule has 0 heterocycles. The van der Waals surface area contributed by atoms with Crippen LogP contribution in [0.3, 0.4) is 0 Å². The van der Waals surface area contributed by atoms with Crippen molar-refractivity contribution in [3.63, 3.8) is 0 Å². The van der Waals surface area contributed by atoms with Gasteiger partial charge in [0.25, 0.3) is 11.8 Å². The Kier molecular flexibility index (Phi) is 7.10. The van der Waals surface area contributed by atoms with Crippen LogP contribution in [0.4, 0.5) is 17.6 Å². The van der Waals surface area contributed by atoms with Crippen molar-refractivity contribution >= 4 is 0 Å². The van der Waals surface area contributed by atoms with E-state index in [1.54, 1.807) is 41.5 Å². The van der Waals surface area contributed by atoms with Crippen molar-refractivity contribution in [3.8, 4) is 0 Å². The molecule has 21 heavy (non-hydrogen) atoms. The average molecular weight is 317 g/mol. The van der Waals surface area contributed by atoms with Gasteiger partial charge in [-0.15, -0.1) is 0 Å². The first-order valence-electron chi connectivity index (χ1n) is 6.84. The predicted molar refractivity (Wildman–Crippen MR) is 74.2 cm³/mol. The van der Waals surface area contributed by atoms with Gasteiger partial charge in [-0.05, 0) is 41.5 Å². The van der Waals surface area contributed by atoms with E-state index in [2.05, 4.69) is 10.1 Å². The second-order valence-electron chi connectivity index (χ2n) is 7.21. The van der Waals surface area contributed by atoms with Crippen molar-refractivity contribution in [2.75, 3.05) is 26.4 Å². The largest absolute Gasteiger partial charge is 0.370 e. The Morgan fingerprint density at radius 2 is 1.24 bits per heavy atom. The highest BCUT2D eigenvalue weighted by molar-refractivity contribution is 4.77. The molecule has 0 rings (SSSR count). The summed E-state index contributed by atoms with van der Waals surface area (Å²) < 4.78 is 63.1. The molecule has 0 aliphatic carbocycles. The summed E-state index contributed by atoms with van der Waals surface area (Å²) in [5.41, 5.74) is -1.20. The molecule has 0 aliphatic heterocycles.